The summed E-state index contributed by atoms with van der Waals surface area (Å²) in [5.74, 6) is 0. The first-order valence-corrected chi connectivity index (χ1v) is 8.42. The van der Waals surface area contributed by atoms with E-state index in [1.54, 1.807) is 0 Å². The number of rotatable bonds is 9. The molecule has 122 valence electrons. The van der Waals surface area contributed by atoms with E-state index in [1.807, 2.05) is 16.9 Å². The van der Waals surface area contributed by atoms with Gasteiger partial charge in [-0.05, 0) is 45.8 Å². The minimum Gasteiger partial charge on any atom is -0.391 e. The molecule has 0 aliphatic carbocycles. The van der Waals surface area contributed by atoms with E-state index >= 15 is 0 Å². The van der Waals surface area contributed by atoms with Gasteiger partial charge in [-0.25, -0.2) is 0 Å². The molecule has 0 radical (unpaired) electrons. The van der Waals surface area contributed by atoms with Gasteiger partial charge in [-0.15, -0.1) is 0 Å². The van der Waals surface area contributed by atoms with Crippen LogP contribution in [-0.4, -0.2) is 44.5 Å². The van der Waals surface area contributed by atoms with Crippen LogP contribution in [0.2, 0.25) is 0 Å². The fourth-order valence-electron chi connectivity index (χ4n) is 3.39. The quantitative estimate of drug-likeness (QED) is 0.760. The van der Waals surface area contributed by atoms with Gasteiger partial charge in [0, 0.05) is 24.2 Å². The first kappa shape index (κ1) is 18.2. The highest BCUT2D eigenvalue weighted by molar-refractivity contribution is 5.06. The molecule has 1 rings (SSSR count). The largest absolute Gasteiger partial charge is 0.391 e. The van der Waals surface area contributed by atoms with Crippen LogP contribution < -0.4 is 0 Å². The molecule has 0 amide bonds. The average Bonchev–Trinajstić information content (AvgIpc) is 2.93. The van der Waals surface area contributed by atoms with Crippen molar-refractivity contribution in [3.05, 3.63) is 18.0 Å². The molecule has 0 bridgehead atoms. The van der Waals surface area contributed by atoms with E-state index in [9.17, 15) is 5.11 Å². The Kier molecular flexibility index (Phi) is 6.88. The van der Waals surface area contributed by atoms with Crippen molar-refractivity contribution in [3.63, 3.8) is 0 Å². The fraction of sp³-hybridized carbons (Fsp3) is 0.824. The number of hydrogen-bond acceptors (Lipinski definition) is 3. The van der Waals surface area contributed by atoms with Gasteiger partial charge in [0.2, 0.25) is 0 Å². The van der Waals surface area contributed by atoms with Crippen LogP contribution in [0.4, 0.5) is 0 Å². The van der Waals surface area contributed by atoms with Crippen molar-refractivity contribution in [3.8, 4) is 0 Å². The van der Waals surface area contributed by atoms with Crippen LogP contribution in [0.5, 0.6) is 0 Å². The van der Waals surface area contributed by atoms with Crippen molar-refractivity contribution < 1.29 is 5.11 Å². The lowest BCUT2D eigenvalue weighted by molar-refractivity contribution is -0.0345. The van der Waals surface area contributed by atoms with Gasteiger partial charge in [0.05, 0.1) is 11.8 Å². The minimum absolute atomic E-state index is 0.148. The van der Waals surface area contributed by atoms with Crippen LogP contribution in [0, 0.1) is 0 Å². The molecule has 1 aromatic rings. The topological polar surface area (TPSA) is 41.3 Å². The van der Waals surface area contributed by atoms with E-state index in [4.69, 9.17) is 0 Å². The standard InChI is InChI=1S/C17H33N3O/c1-7-17(8-2,19(9-3)10-4)16(21)13-15-11-12-20(18-15)14(5)6/h11-12,14,16,21H,7-10,13H2,1-6H3. The second-order valence-electron chi connectivity index (χ2n) is 6.08. The molecule has 0 aromatic carbocycles. The van der Waals surface area contributed by atoms with Gasteiger partial charge in [0.1, 0.15) is 0 Å². The predicted molar refractivity (Wildman–Crippen MR) is 88.6 cm³/mol. The highest BCUT2D eigenvalue weighted by Gasteiger charge is 2.39. The molecule has 0 aliphatic heterocycles. The minimum atomic E-state index is -0.386. The van der Waals surface area contributed by atoms with Crippen molar-refractivity contribution in [2.24, 2.45) is 0 Å². The van der Waals surface area contributed by atoms with Crippen LogP contribution in [-0.2, 0) is 6.42 Å². The summed E-state index contributed by atoms with van der Waals surface area (Å²) in [6, 6.07) is 2.39. The Labute approximate surface area is 130 Å². The number of aromatic nitrogens is 2. The van der Waals surface area contributed by atoms with Crippen LogP contribution in [0.25, 0.3) is 0 Å². The van der Waals surface area contributed by atoms with Crippen molar-refractivity contribution in [2.45, 2.75) is 78.5 Å². The molecule has 1 heterocycles. The fourth-order valence-corrected chi connectivity index (χ4v) is 3.39. The average molecular weight is 295 g/mol. The number of aliphatic hydroxyl groups excluding tert-OH is 1. The van der Waals surface area contributed by atoms with Crippen molar-refractivity contribution in [1.82, 2.24) is 14.7 Å². The summed E-state index contributed by atoms with van der Waals surface area (Å²) >= 11 is 0. The lowest BCUT2D eigenvalue weighted by Gasteiger charge is -2.45. The van der Waals surface area contributed by atoms with Crippen LogP contribution in [0.15, 0.2) is 12.3 Å². The zero-order valence-corrected chi connectivity index (χ0v) is 14.6. The summed E-state index contributed by atoms with van der Waals surface area (Å²) in [5, 5.41) is 15.5. The van der Waals surface area contributed by atoms with E-state index in [1.165, 1.54) is 0 Å². The Balaban J connectivity index is 2.92. The van der Waals surface area contributed by atoms with Gasteiger partial charge >= 0.3 is 0 Å². The van der Waals surface area contributed by atoms with E-state index in [2.05, 4.69) is 51.5 Å². The second-order valence-corrected chi connectivity index (χ2v) is 6.08. The Hall–Kier alpha value is -0.870. The molecule has 0 saturated heterocycles. The van der Waals surface area contributed by atoms with Crippen LogP contribution in [0.3, 0.4) is 0 Å². The van der Waals surface area contributed by atoms with E-state index < -0.39 is 0 Å². The lowest BCUT2D eigenvalue weighted by atomic mass is 9.82. The molecule has 1 aromatic heterocycles. The summed E-state index contributed by atoms with van der Waals surface area (Å²) in [6.45, 7) is 14.9. The maximum absolute atomic E-state index is 10.9. The highest BCUT2D eigenvalue weighted by Crippen LogP contribution is 2.29. The zero-order chi connectivity index (χ0) is 16.0. The first-order valence-electron chi connectivity index (χ1n) is 8.42. The van der Waals surface area contributed by atoms with E-state index in [0.29, 0.717) is 12.5 Å². The Morgan fingerprint density at radius 3 is 2.14 bits per heavy atom. The summed E-state index contributed by atoms with van der Waals surface area (Å²) in [7, 11) is 0. The maximum Gasteiger partial charge on any atom is 0.0779 e. The molecule has 21 heavy (non-hydrogen) atoms. The highest BCUT2D eigenvalue weighted by atomic mass is 16.3. The molecule has 1 unspecified atom stereocenters. The van der Waals surface area contributed by atoms with Gasteiger partial charge in [0.15, 0.2) is 0 Å². The Bertz CT molecular complexity index is 406. The second kappa shape index (κ2) is 7.95. The molecular weight excluding hydrogens is 262 g/mol. The molecule has 4 nitrogen and oxygen atoms in total. The van der Waals surface area contributed by atoms with Crippen molar-refractivity contribution in [2.75, 3.05) is 13.1 Å². The normalized spacial score (nSPS) is 14.1. The third kappa shape index (κ3) is 3.86. The van der Waals surface area contributed by atoms with Crippen LogP contribution >= 0.6 is 0 Å². The van der Waals surface area contributed by atoms with Crippen LogP contribution in [0.1, 0.15) is 66.1 Å². The summed E-state index contributed by atoms with van der Waals surface area (Å²) < 4.78 is 1.96. The van der Waals surface area contributed by atoms with Crippen molar-refractivity contribution in [1.29, 1.82) is 0 Å². The Morgan fingerprint density at radius 2 is 1.76 bits per heavy atom. The molecule has 0 spiro atoms. The molecule has 4 heteroatoms. The number of nitrogens with zero attached hydrogens (tertiary/aromatic N) is 3. The maximum atomic E-state index is 10.9. The molecule has 1 atom stereocenters. The molecule has 0 saturated carbocycles. The monoisotopic (exact) mass is 295 g/mol. The zero-order valence-electron chi connectivity index (χ0n) is 14.6. The lowest BCUT2D eigenvalue weighted by Crippen LogP contribution is -2.56. The number of aliphatic hydroxyl groups is 1. The van der Waals surface area contributed by atoms with Gasteiger partial charge in [-0.3, -0.25) is 9.58 Å². The third-order valence-corrected chi connectivity index (χ3v) is 4.83. The molecular formula is C17H33N3O. The van der Waals surface area contributed by atoms with Crippen molar-refractivity contribution >= 4 is 0 Å². The smallest absolute Gasteiger partial charge is 0.0779 e. The number of hydrogen-bond donors (Lipinski definition) is 1. The van der Waals surface area contributed by atoms with Gasteiger partial charge < -0.3 is 5.11 Å². The Morgan fingerprint density at radius 1 is 1.19 bits per heavy atom. The molecule has 0 aliphatic rings. The predicted octanol–water partition coefficient (Wildman–Crippen LogP) is 3.27. The third-order valence-electron chi connectivity index (χ3n) is 4.83. The molecule has 1 N–H and O–H groups in total. The number of likely N-dealkylation sites (N-methyl/N-ethyl adjacent to an activating group) is 1. The first-order chi connectivity index (χ1) is 9.94. The summed E-state index contributed by atoms with van der Waals surface area (Å²) in [4.78, 5) is 2.40. The summed E-state index contributed by atoms with van der Waals surface area (Å²) in [6.07, 6.45) is 4.15. The summed E-state index contributed by atoms with van der Waals surface area (Å²) in [5.41, 5.74) is 0.833. The van der Waals surface area contributed by atoms with Gasteiger partial charge in [0.25, 0.3) is 0 Å². The van der Waals surface area contributed by atoms with Gasteiger partial charge in [-0.2, -0.15) is 5.10 Å². The SMILES string of the molecule is CCN(CC)C(CC)(CC)C(O)Cc1ccn(C(C)C)n1. The molecule has 0 fully saturated rings. The van der Waals surface area contributed by atoms with E-state index in [-0.39, 0.29) is 11.6 Å². The van der Waals surface area contributed by atoms with E-state index in [0.717, 1.165) is 31.6 Å². The van der Waals surface area contributed by atoms with Gasteiger partial charge in [-0.1, -0.05) is 27.7 Å².